The molecule has 0 saturated carbocycles. The molecule has 0 heterocycles. The molecule has 0 aliphatic heterocycles. The topological polar surface area (TPSA) is 0 Å². The van der Waals surface area contributed by atoms with Crippen molar-refractivity contribution in [2.75, 3.05) is 0 Å². The van der Waals surface area contributed by atoms with E-state index in [9.17, 15) is 0 Å². The lowest BCUT2D eigenvalue weighted by Crippen LogP contribution is -2.00. The van der Waals surface area contributed by atoms with E-state index in [0.29, 0.717) is 0 Å². The third kappa shape index (κ3) is 3.35. The van der Waals surface area contributed by atoms with E-state index in [4.69, 9.17) is 7.85 Å². The Balaban J connectivity index is 1.96. The van der Waals surface area contributed by atoms with E-state index in [1.807, 2.05) is 30.3 Å². The number of benzene rings is 2. The molecule has 82 valence electrons. The third-order valence-corrected chi connectivity index (χ3v) is 2.88. The number of aryl methyl sites for hydroxylation is 1. The van der Waals surface area contributed by atoms with Gasteiger partial charge in [0.2, 0.25) is 0 Å². The van der Waals surface area contributed by atoms with E-state index < -0.39 is 0 Å². The Morgan fingerprint density at radius 2 is 1.59 bits per heavy atom. The van der Waals surface area contributed by atoms with Crippen molar-refractivity contribution < 1.29 is 0 Å². The molecule has 2 aromatic rings. The van der Waals surface area contributed by atoms with Crippen LogP contribution >= 0.6 is 0 Å². The molecule has 0 aliphatic rings. The van der Waals surface area contributed by atoms with E-state index in [1.54, 1.807) is 0 Å². The highest BCUT2D eigenvalue weighted by Crippen LogP contribution is 2.17. The number of allylic oxidation sites excluding steroid dienone is 1. The predicted octanol–water partition coefficient (Wildman–Crippen LogP) is 3.13. The first-order chi connectivity index (χ1) is 8.25. The molecule has 0 amide bonds. The highest BCUT2D eigenvalue weighted by Gasteiger charge is 1.99. The van der Waals surface area contributed by atoms with Crippen LogP contribution in [-0.2, 0) is 6.42 Å². The number of hydrogen-bond acceptors (Lipinski definition) is 0. The molecular formula is C16H15B. The summed E-state index contributed by atoms with van der Waals surface area (Å²) in [6.07, 6.45) is 2.01. The van der Waals surface area contributed by atoms with Gasteiger partial charge in [-0.05, 0) is 29.5 Å². The average Bonchev–Trinajstić information content (AvgIpc) is 2.38. The predicted molar refractivity (Wildman–Crippen MR) is 75.6 cm³/mol. The summed E-state index contributed by atoms with van der Waals surface area (Å²) in [4.78, 5) is 0. The van der Waals surface area contributed by atoms with Crippen molar-refractivity contribution in [3.8, 4) is 0 Å². The van der Waals surface area contributed by atoms with Gasteiger partial charge < -0.3 is 0 Å². The van der Waals surface area contributed by atoms with Crippen LogP contribution in [0.2, 0.25) is 0 Å². The zero-order valence-corrected chi connectivity index (χ0v) is 9.89. The van der Waals surface area contributed by atoms with Crippen LogP contribution in [0.25, 0.3) is 5.57 Å². The summed E-state index contributed by atoms with van der Waals surface area (Å²) < 4.78 is 0. The Bertz CT molecular complexity index is 483. The molecule has 0 nitrogen and oxygen atoms in total. The van der Waals surface area contributed by atoms with Gasteiger partial charge in [-0.1, -0.05) is 66.6 Å². The van der Waals surface area contributed by atoms with Crippen molar-refractivity contribution in [2.24, 2.45) is 0 Å². The van der Waals surface area contributed by atoms with Crippen molar-refractivity contribution in [3.05, 3.63) is 72.3 Å². The lowest BCUT2D eigenvalue weighted by molar-refractivity contribution is 1.02. The normalized spacial score (nSPS) is 10.1. The second kappa shape index (κ2) is 5.54. The maximum atomic E-state index is 5.66. The van der Waals surface area contributed by atoms with Gasteiger partial charge in [0, 0.05) is 0 Å². The van der Waals surface area contributed by atoms with Crippen molar-refractivity contribution >= 4 is 18.9 Å². The standard InChI is InChI=1S/C16H15B/c1-13(15-9-11-16(17)12-10-15)7-8-14-5-3-2-4-6-14/h2-6,9-12H,1,7-8H2. The minimum atomic E-state index is 0.796. The van der Waals surface area contributed by atoms with Gasteiger partial charge in [0.25, 0.3) is 0 Å². The molecule has 0 aromatic heterocycles. The fourth-order valence-corrected chi connectivity index (χ4v) is 1.80. The largest absolute Gasteiger partial charge is 0.113 e. The molecule has 0 atom stereocenters. The van der Waals surface area contributed by atoms with Gasteiger partial charge in [-0.2, -0.15) is 0 Å². The molecule has 17 heavy (non-hydrogen) atoms. The smallest absolute Gasteiger partial charge is 0.0966 e. The molecule has 0 unspecified atom stereocenters. The van der Waals surface area contributed by atoms with E-state index >= 15 is 0 Å². The van der Waals surface area contributed by atoms with Gasteiger partial charge in [0.1, 0.15) is 7.85 Å². The molecule has 2 aromatic carbocycles. The van der Waals surface area contributed by atoms with Crippen molar-refractivity contribution in [1.82, 2.24) is 0 Å². The summed E-state index contributed by atoms with van der Waals surface area (Å²) in [5, 5.41) is 0. The van der Waals surface area contributed by atoms with Crippen LogP contribution < -0.4 is 5.46 Å². The van der Waals surface area contributed by atoms with Gasteiger partial charge in [0.15, 0.2) is 0 Å². The van der Waals surface area contributed by atoms with E-state index in [0.717, 1.165) is 23.9 Å². The fourth-order valence-electron chi connectivity index (χ4n) is 1.80. The molecular weight excluding hydrogens is 203 g/mol. The summed E-state index contributed by atoms with van der Waals surface area (Å²) in [6.45, 7) is 4.13. The summed E-state index contributed by atoms with van der Waals surface area (Å²) >= 11 is 0. The average molecular weight is 218 g/mol. The van der Waals surface area contributed by atoms with Gasteiger partial charge in [-0.15, -0.1) is 0 Å². The zero-order chi connectivity index (χ0) is 12.1. The summed E-state index contributed by atoms with van der Waals surface area (Å²) in [6, 6.07) is 18.4. The Labute approximate surface area is 104 Å². The van der Waals surface area contributed by atoms with Gasteiger partial charge in [-0.3, -0.25) is 0 Å². The van der Waals surface area contributed by atoms with Crippen LogP contribution in [0.1, 0.15) is 17.5 Å². The highest BCUT2D eigenvalue weighted by atomic mass is 14.0. The van der Waals surface area contributed by atoms with Gasteiger partial charge in [-0.25, -0.2) is 0 Å². The van der Waals surface area contributed by atoms with Crippen molar-refractivity contribution in [3.63, 3.8) is 0 Å². The number of rotatable bonds is 4. The van der Waals surface area contributed by atoms with Crippen LogP contribution in [0.3, 0.4) is 0 Å². The first-order valence-electron chi connectivity index (χ1n) is 5.83. The molecule has 0 fully saturated rings. The SMILES string of the molecule is [B]c1ccc(C(=C)CCc2ccccc2)cc1. The van der Waals surface area contributed by atoms with E-state index in [1.165, 1.54) is 11.1 Å². The van der Waals surface area contributed by atoms with Crippen LogP contribution in [0.4, 0.5) is 0 Å². The monoisotopic (exact) mass is 218 g/mol. The van der Waals surface area contributed by atoms with E-state index in [-0.39, 0.29) is 0 Å². The van der Waals surface area contributed by atoms with Crippen LogP contribution in [0, 0.1) is 0 Å². The molecule has 2 radical (unpaired) electrons. The first-order valence-corrected chi connectivity index (χ1v) is 5.83. The Morgan fingerprint density at radius 1 is 0.941 bits per heavy atom. The Hall–Kier alpha value is -1.76. The van der Waals surface area contributed by atoms with Crippen LogP contribution in [-0.4, -0.2) is 7.85 Å². The quantitative estimate of drug-likeness (QED) is 0.691. The molecule has 0 saturated heterocycles. The van der Waals surface area contributed by atoms with E-state index in [2.05, 4.69) is 30.8 Å². The van der Waals surface area contributed by atoms with Crippen molar-refractivity contribution in [1.29, 1.82) is 0 Å². The van der Waals surface area contributed by atoms with Crippen LogP contribution in [0.5, 0.6) is 0 Å². The highest BCUT2D eigenvalue weighted by molar-refractivity contribution is 6.32. The Kier molecular flexibility index (Phi) is 3.82. The zero-order valence-electron chi connectivity index (χ0n) is 9.89. The molecule has 1 heteroatoms. The molecule has 0 spiro atoms. The second-order valence-corrected chi connectivity index (χ2v) is 4.21. The maximum absolute atomic E-state index is 5.66. The minimum Gasteiger partial charge on any atom is -0.0966 e. The summed E-state index contributed by atoms with van der Waals surface area (Å²) in [5.74, 6) is 0. The lowest BCUT2D eigenvalue weighted by Gasteiger charge is -2.06. The molecule has 0 aliphatic carbocycles. The second-order valence-electron chi connectivity index (χ2n) is 4.21. The third-order valence-electron chi connectivity index (χ3n) is 2.88. The number of hydrogen-bond donors (Lipinski definition) is 0. The first kappa shape index (κ1) is 11.7. The molecule has 0 bridgehead atoms. The lowest BCUT2D eigenvalue weighted by atomic mass is 9.92. The fraction of sp³-hybridized carbons (Fsp3) is 0.125. The molecule has 0 N–H and O–H groups in total. The van der Waals surface area contributed by atoms with Crippen LogP contribution in [0.15, 0.2) is 61.2 Å². The van der Waals surface area contributed by atoms with Crippen molar-refractivity contribution in [2.45, 2.75) is 12.8 Å². The van der Waals surface area contributed by atoms with Gasteiger partial charge in [0.05, 0.1) is 0 Å². The summed E-state index contributed by atoms with van der Waals surface area (Å²) in [5.41, 5.74) is 4.48. The Morgan fingerprint density at radius 3 is 2.24 bits per heavy atom. The summed E-state index contributed by atoms with van der Waals surface area (Å²) in [7, 11) is 5.66. The minimum absolute atomic E-state index is 0.796. The van der Waals surface area contributed by atoms with Gasteiger partial charge >= 0.3 is 0 Å². The molecule has 2 rings (SSSR count). The maximum Gasteiger partial charge on any atom is 0.113 e.